The summed E-state index contributed by atoms with van der Waals surface area (Å²) in [7, 11) is 0. The highest BCUT2D eigenvalue weighted by molar-refractivity contribution is 5.91. The van der Waals surface area contributed by atoms with E-state index >= 15 is 0 Å². The smallest absolute Gasteiger partial charge is 0.289 e. The summed E-state index contributed by atoms with van der Waals surface area (Å²) in [6.45, 7) is 3.21. The van der Waals surface area contributed by atoms with E-state index in [1.54, 1.807) is 12.1 Å². The van der Waals surface area contributed by atoms with E-state index in [-0.39, 0.29) is 11.8 Å². The third-order valence-corrected chi connectivity index (χ3v) is 7.31. The SMILES string of the molecule is O=C(CN1CCN(C(=O)c2ccco2)CC1)NC1C2CC3CC(C2)CC1C3. The molecule has 6 nitrogen and oxygen atoms in total. The molecule has 0 spiro atoms. The van der Waals surface area contributed by atoms with Crippen LogP contribution >= 0.6 is 0 Å². The van der Waals surface area contributed by atoms with Gasteiger partial charge in [-0.25, -0.2) is 0 Å². The van der Waals surface area contributed by atoms with E-state index in [9.17, 15) is 9.59 Å². The van der Waals surface area contributed by atoms with Gasteiger partial charge in [0, 0.05) is 32.2 Å². The average Bonchev–Trinajstić information content (AvgIpc) is 3.19. The third kappa shape index (κ3) is 3.40. The quantitative estimate of drug-likeness (QED) is 0.879. The third-order valence-electron chi connectivity index (χ3n) is 7.31. The molecule has 2 heterocycles. The van der Waals surface area contributed by atoms with Crippen LogP contribution in [0.3, 0.4) is 0 Å². The number of amides is 2. The highest BCUT2D eigenvalue weighted by atomic mass is 16.3. The van der Waals surface area contributed by atoms with Crippen LogP contribution in [-0.4, -0.2) is 60.4 Å². The monoisotopic (exact) mass is 371 g/mol. The number of piperazine rings is 1. The molecule has 1 saturated heterocycles. The lowest BCUT2D eigenvalue weighted by atomic mass is 9.54. The first-order valence-corrected chi connectivity index (χ1v) is 10.5. The number of carbonyl (C=O) groups excluding carboxylic acids is 2. The Labute approximate surface area is 160 Å². The topological polar surface area (TPSA) is 65.8 Å². The molecule has 6 rings (SSSR count). The normalized spacial score (nSPS) is 35.4. The van der Waals surface area contributed by atoms with Gasteiger partial charge in [-0.1, -0.05) is 0 Å². The highest BCUT2D eigenvalue weighted by Crippen LogP contribution is 2.53. The summed E-state index contributed by atoms with van der Waals surface area (Å²) in [6.07, 6.45) is 8.26. The molecular formula is C21H29N3O3. The number of hydrogen-bond donors (Lipinski definition) is 1. The molecule has 6 heteroatoms. The van der Waals surface area contributed by atoms with Crippen molar-refractivity contribution in [2.24, 2.45) is 23.7 Å². The fraction of sp³-hybridized carbons (Fsp3) is 0.714. The van der Waals surface area contributed by atoms with Crippen LogP contribution in [0.1, 0.15) is 42.7 Å². The van der Waals surface area contributed by atoms with Gasteiger partial charge < -0.3 is 14.6 Å². The van der Waals surface area contributed by atoms with Crippen LogP contribution in [0.5, 0.6) is 0 Å². The minimum absolute atomic E-state index is 0.0577. The maximum atomic E-state index is 12.7. The molecule has 1 aromatic rings. The van der Waals surface area contributed by atoms with Crippen molar-refractivity contribution in [3.8, 4) is 0 Å². The van der Waals surface area contributed by atoms with E-state index < -0.39 is 0 Å². The van der Waals surface area contributed by atoms with E-state index in [0.717, 1.165) is 24.9 Å². The van der Waals surface area contributed by atoms with Crippen LogP contribution in [0.2, 0.25) is 0 Å². The molecule has 27 heavy (non-hydrogen) atoms. The molecule has 0 unspecified atom stereocenters. The molecule has 0 aromatic carbocycles. The van der Waals surface area contributed by atoms with Crippen molar-refractivity contribution in [1.82, 2.24) is 15.1 Å². The summed E-state index contributed by atoms with van der Waals surface area (Å²) >= 11 is 0. The van der Waals surface area contributed by atoms with Crippen molar-refractivity contribution in [3.05, 3.63) is 24.2 Å². The average molecular weight is 371 g/mol. The zero-order chi connectivity index (χ0) is 18.4. The molecule has 0 radical (unpaired) electrons. The Morgan fingerprint density at radius 2 is 1.67 bits per heavy atom. The number of furan rings is 1. The Bertz CT molecular complexity index is 666. The van der Waals surface area contributed by atoms with Gasteiger partial charge in [-0.2, -0.15) is 0 Å². The summed E-state index contributed by atoms with van der Waals surface area (Å²) in [4.78, 5) is 29.0. The van der Waals surface area contributed by atoms with E-state index in [2.05, 4.69) is 10.2 Å². The van der Waals surface area contributed by atoms with Gasteiger partial charge in [-0.3, -0.25) is 14.5 Å². The summed E-state index contributed by atoms with van der Waals surface area (Å²) in [5.74, 6) is 3.79. The first-order chi connectivity index (χ1) is 13.2. The Hall–Kier alpha value is -1.82. The standard InChI is InChI=1S/C21H29N3O3/c25-19(22-20-16-9-14-8-15(11-16)12-17(20)10-14)13-23-3-5-24(6-4-23)21(26)18-2-1-7-27-18/h1-2,7,14-17,20H,3-6,8-13H2,(H,22,25). The minimum Gasteiger partial charge on any atom is -0.459 e. The lowest BCUT2D eigenvalue weighted by molar-refractivity contribution is -0.126. The predicted molar refractivity (Wildman–Crippen MR) is 100 cm³/mol. The summed E-state index contributed by atoms with van der Waals surface area (Å²) in [5.41, 5.74) is 0. The molecule has 1 N–H and O–H groups in total. The van der Waals surface area contributed by atoms with Crippen LogP contribution in [0.25, 0.3) is 0 Å². The first kappa shape index (κ1) is 17.3. The van der Waals surface area contributed by atoms with Crippen LogP contribution in [0, 0.1) is 23.7 Å². The van der Waals surface area contributed by atoms with Gasteiger partial charge >= 0.3 is 0 Å². The van der Waals surface area contributed by atoms with Gasteiger partial charge in [0.2, 0.25) is 5.91 Å². The van der Waals surface area contributed by atoms with E-state index in [4.69, 9.17) is 4.42 Å². The minimum atomic E-state index is -0.0577. The van der Waals surface area contributed by atoms with Gasteiger partial charge in [0.05, 0.1) is 12.8 Å². The van der Waals surface area contributed by atoms with Gasteiger partial charge in [-0.05, 0) is 67.9 Å². The highest BCUT2D eigenvalue weighted by Gasteiger charge is 2.48. The number of rotatable bonds is 4. The Balaban J connectivity index is 1.10. The predicted octanol–water partition coefficient (Wildman–Crippen LogP) is 1.98. The van der Waals surface area contributed by atoms with Gasteiger partial charge in [0.15, 0.2) is 5.76 Å². The maximum Gasteiger partial charge on any atom is 0.289 e. The van der Waals surface area contributed by atoms with Gasteiger partial charge in [0.25, 0.3) is 5.91 Å². The lowest BCUT2D eigenvalue weighted by Gasteiger charge is -2.54. The Morgan fingerprint density at radius 1 is 1.00 bits per heavy atom. The van der Waals surface area contributed by atoms with Crippen LogP contribution in [0.4, 0.5) is 0 Å². The molecule has 146 valence electrons. The fourth-order valence-electron chi connectivity index (χ4n) is 6.26. The van der Waals surface area contributed by atoms with E-state index in [1.165, 1.54) is 38.4 Å². The zero-order valence-electron chi connectivity index (χ0n) is 15.8. The molecule has 4 bridgehead atoms. The second-order valence-corrected chi connectivity index (χ2v) is 9.07. The molecule has 1 aromatic heterocycles. The zero-order valence-corrected chi connectivity index (χ0v) is 15.8. The van der Waals surface area contributed by atoms with Crippen molar-refractivity contribution < 1.29 is 14.0 Å². The summed E-state index contributed by atoms with van der Waals surface area (Å²) in [5, 5.41) is 3.39. The number of hydrogen-bond acceptors (Lipinski definition) is 4. The fourth-order valence-corrected chi connectivity index (χ4v) is 6.26. The second kappa shape index (κ2) is 6.97. The van der Waals surface area contributed by atoms with Crippen molar-refractivity contribution in [3.63, 3.8) is 0 Å². The van der Waals surface area contributed by atoms with Crippen LogP contribution in [-0.2, 0) is 4.79 Å². The van der Waals surface area contributed by atoms with Gasteiger partial charge in [-0.15, -0.1) is 0 Å². The number of carbonyl (C=O) groups is 2. The van der Waals surface area contributed by atoms with Crippen LogP contribution < -0.4 is 5.32 Å². The molecule has 5 aliphatic rings. The maximum absolute atomic E-state index is 12.7. The number of nitrogens with zero attached hydrogens (tertiary/aromatic N) is 2. The molecule has 2 amide bonds. The largest absolute Gasteiger partial charge is 0.459 e. The molecule has 4 saturated carbocycles. The molecule has 4 aliphatic carbocycles. The van der Waals surface area contributed by atoms with Crippen molar-refractivity contribution in [2.75, 3.05) is 32.7 Å². The van der Waals surface area contributed by atoms with Crippen molar-refractivity contribution >= 4 is 11.8 Å². The lowest BCUT2D eigenvalue weighted by Crippen LogP contribution is -2.58. The van der Waals surface area contributed by atoms with E-state index in [1.807, 2.05) is 4.90 Å². The summed E-state index contributed by atoms with van der Waals surface area (Å²) < 4.78 is 5.20. The Morgan fingerprint density at radius 3 is 2.26 bits per heavy atom. The van der Waals surface area contributed by atoms with Crippen LogP contribution in [0.15, 0.2) is 22.8 Å². The van der Waals surface area contributed by atoms with Crippen molar-refractivity contribution in [2.45, 2.75) is 38.1 Å². The second-order valence-electron chi connectivity index (χ2n) is 9.07. The molecule has 1 aliphatic heterocycles. The van der Waals surface area contributed by atoms with Crippen molar-refractivity contribution in [1.29, 1.82) is 0 Å². The van der Waals surface area contributed by atoms with Gasteiger partial charge in [0.1, 0.15) is 0 Å². The summed E-state index contributed by atoms with van der Waals surface area (Å²) in [6, 6.07) is 3.84. The number of nitrogens with one attached hydrogen (secondary N) is 1. The molecule has 0 atom stereocenters. The molecule has 5 fully saturated rings. The Kier molecular flexibility index (Phi) is 4.46. The van der Waals surface area contributed by atoms with E-state index in [0.29, 0.717) is 43.3 Å². The first-order valence-electron chi connectivity index (χ1n) is 10.5. The molecular weight excluding hydrogens is 342 g/mol.